The third kappa shape index (κ3) is 4.34. The van der Waals surface area contributed by atoms with Gasteiger partial charge >= 0.3 is 0 Å². The van der Waals surface area contributed by atoms with E-state index < -0.39 is 41.9 Å². The number of benzene rings is 2. The molecule has 166 valence electrons. The first-order valence-electron chi connectivity index (χ1n) is 10.2. The molecule has 2 atom stereocenters. The molecule has 4 rings (SSSR count). The van der Waals surface area contributed by atoms with Gasteiger partial charge in [0, 0.05) is 15.6 Å². The lowest BCUT2D eigenvalue weighted by Gasteiger charge is -2.30. The number of halogens is 3. The maximum atomic E-state index is 13.4. The molecule has 0 aromatic heterocycles. The minimum Gasteiger partial charge on any atom is -0.292 e. The first-order valence-corrected chi connectivity index (χ1v) is 11.8. The van der Waals surface area contributed by atoms with Crippen molar-refractivity contribution in [2.45, 2.75) is 25.7 Å². The summed E-state index contributed by atoms with van der Waals surface area (Å²) in [4.78, 5) is 52.7. The molecule has 9 heteroatoms. The molecule has 0 bridgehead atoms. The number of hydrogen-bond acceptors (Lipinski definition) is 4. The smallest absolute Gasteiger partial charge is 0.273 e. The van der Waals surface area contributed by atoms with Crippen LogP contribution in [0.15, 0.2) is 46.9 Å². The highest BCUT2D eigenvalue weighted by Crippen LogP contribution is 2.39. The Morgan fingerprint density at radius 2 is 1.47 bits per heavy atom. The quantitative estimate of drug-likeness (QED) is 0.389. The van der Waals surface area contributed by atoms with Crippen LogP contribution in [0.1, 0.15) is 46.4 Å². The Bertz CT molecular complexity index is 1080. The van der Waals surface area contributed by atoms with Crippen molar-refractivity contribution in [3.63, 3.8) is 0 Å². The van der Waals surface area contributed by atoms with E-state index in [4.69, 9.17) is 23.2 Å². The maximum Gasteiger partial charge on any atom is 0.273 e. The third-order valence-electron chi connectivity index (χ3n) is 5.92. The predicted molar refractivity (Wildman–Crippen MR) is 123 cm³/mol. The largest absolute Gasteiger partial charge is 0.292 e. The molecule has 32 heavy (non-hydrogen) atoms. The zero-order valence-corrected chi connectivity index (χ0v) is 20.0. The van der Waals surface area contributed by atoms with E-state index in [9.17, 15) is 19.2 Å². The average Bonchev–Trinajstić information content (AvgIpc) is 3.04. The molecule has 1 heterocycles. The Morgan fingerprint density at radius 1 is 0.906 bits per heavy atom. The summed E-state index contributed by atoms with van der Waals surface area (Å²) in [5.41, 5.74) is 0.482. The standard InChI is InChI=1S/C23H19BrCl2N2O4/c24-15-8-5-13(6-9-15)20(29)12-27(21(30)14-7-10-18(25)19(26)11-14)28-22(31)16-3-1-2-4-17(16)23(28)32/h5-11,16-17H,1-4,12H2/t16-,17+. The van der Waals surface area contributed by atoms with Gasteiger partial charge in [-0.2, -0.15) is 5.01 Å². The molecule has 1 saturated heterocycles. The van der Waals surface area contributed by atoms with E-state index in [2.05, 4.69) is 15.9 Å². The second-order valence-electron chi connectivity index (χ2n) is 7.91. The van der Waals surface area contributed by atoms with E-state index >= 15 is 0 Å². The second kappa shape index (κ2) is 9.33. The summed E-state index contributed by atoms with van der Waals surface area (Å²) >= 11 is 15.4. The number of nitrogens with zero attached hydrogens (tertiary/aromatic N) is 2. The molecular weight excluding hydrogens is 519 g/mol. The summed E-state index contributed by atoms with van der Waals surface area (Å²) in [6.07, 6.45) is 2.90. The zero-order valence-electron chi connectivity index (χ0n) is 16.9. The fourth-order valence-electron chi connectivity index (χ4n) is 4.26. The maximum absolute atomic E-state index is 13.4. The number of hydrogen-bond donors (Lipinski definition) is 0. The molecule has 2 fully saturated rings. The van der Waals surface area contributed by atoms with Crippen LogP contribution < -0.4 is 0 Å². The summed E-state index contributed by atoms with van der Waals surface area (Å²) in [5, 5.41) is 2.25. The summed E-state index contributed by atoms with van der Waals surface area (Å²) in [6, 6.07) is 10.9. The number of imide groups is 1. The molecule has 2 aromatic carbocycles. The molecule has 1 saturated carbocycles. The summed E-state index contributed by atoms with van der Waals surface area (Å²) in [7, 11) is 0. The Morgan fingerprint density at radius 3 is 2.03 bits per heavy atom. The molecule has 3 amide bonds. The normalized spacial score (nSPS) is 20.3. The van der Waals surface area contributed by atoms with E-state index in [-0.39, 0.29) is 15.6 Å². The first-order chi connectivity index (χ1) is 15.3. The minimum absolute atomic E-state index is 0.124. The molecule has 0 N–H and O–H groups in total. The average molecular weight is 538 g/mol. The Kier molecular flexibility index (Phi) is 6.70. The lowest BCUT2D eigenvalue weighted by Crippen LogP contribution is -2.52. The lowest BCUT2D eigenvalue weighted by molar-refractivity contribution is -0.154. The van der Waals surface area contributed by atoms with E-state index in [0.29, 0.717) is 18.4 Å². The van der Waals surface area contributed by atoms with Crippen molar-refractivity contribution < 1.29 is 19.2 Å². The fourth-order valence-corrected chi connectivity index (χ4v) is 4.82. The fraction of sp³-hybridized carbons (Fsp3) is 0.304. The molecule has 6 nitrogen and oxygen atoms in total. The van der Waals surface area contributed by atoms with Crippen molar-refractivity contribution in [3.8, 4) is 0 Å². The Labute approximate surface area is 203 Å². The van der Waals surface area contributed by atoms with Gasteiger partial charge in [0.2, 0.25) is 0 Å². The Hall–Kier alpha value is -2.22. The minimum atomic E-state index is -0.672. The van der Waals surface area contributed by atoms with Gasteiger partial charge in [-0.25, -0.2) is 5.01 Å². The van der Waals surface area contributed by atoms with Crippen molar-refractivity contribution >= 4 is 62.6 Å². The number of hydrazine groups is 1. The van der Waals surface area contributed by atoms with Crippen LogP contribution in [0.5, 0.6) is 0 Å². The van der Waals surface area contributed by atoms with Gasteiger partial charge in [0.1, 0.15) is 6.54 Å². The van der Waals surface area contributed by atoms with Gasteiger partial charge in [-0.05, 0) is 43.2 Å². The zero-order chi connectivity index (χ0) is 23.0. The molecule has 2 aliphatic rings. The molecular formula is C23H19BrCl2N2O4. The van der Waals surface area contributed by atoms with Crippen LogP contribution >= 0.6 is 39.1 Å². The number of fused-ring (bicyclic) bond motifs is 1. The number of carbonyl (C=O) groups is 4. The predicted octanol–water partition coefficient (Wildman–Crippen LogP) is 5.17. The van der Waals surface area contributed by atoms with Gasteiger partial charge in [-0.15, -0.1) is 0 Å². The van der Waals surface area contributed by atoms with Crippen LogP contribution in [-0.2, 0) is 9.59 Å². The molecule has 0 radical (unpaired) electrons. The topological polar surface area (TPSA) is 74.8 Å². The first kappa shape index (κ1) is 23.0. The number of rotatable bonds is 5. The van der Waals surface area contributed by atoms with Crippen molar-refractivity contribution in [2.75, 3.05) is 6.54 Å². The van der Waals surface area contributed by atoms with Crippen LogP contribution in [0.3, 0.4) is 0 Å². The SMILES string of the molecule is O=C(CN(C(=O)c1ccc(Cl)c(Cl)c1)N1C(=O)[C@H]2CCCC[C@H]2C1=O)c1ccc(Br)cc1. The molecule has 2 aromatic rings. The van der Waals surface area contributed by atoms with Gasteiger partial charge in [0.15, 0.2) is 5.78 Å². The highest BCUT2D eigenvalue weighted by molar-refractivity contribution is 9.10. The van der Waals surface area contributed by atoms with E-state index in [1.807, 2.05) is 0 Å². The van der Waals surface area contributed by atoms with Gasteiger partial charge in [-0.1, -0.05) is 64.1 Å². The van der Waals surface area contributed by atoms with E-state index in [1.54, 1.807) is 24.3 Å². The lowest BCUT2D eigenvalue weighted by atomic mass is 9.81. The Balaban J connectivity index is 1.70. The van der Waals surface area contributed by atoms with E-state index in [1.165, 1.54) is 18.2 Å². The molecule has 0 spiro atoms. The van der Waals surface area contributed by atoms with Crippen molar-refractivity contribution in [3.05, 3.63) is 68.1 Å². The summed E-state index contributed by atoms with van der Waals surface area (Å²) in [5.74, 6) is -2.85. The number of carbonyl (C=O) groups excluding carboxylic acids is 4. The monoisotopic (exact) mass is 536 g/mol. The summed E-state index contributed by atoms with van der Waals surface area (Å²) in [6.45, 7) is -0.461. The summed E-state index contributed by atoms with van der Waals surface area (Å²) < 4.78 is 0.798. The van der Waals surface area contributed by atoms with E-state index in [0.717, 1.165) is 27.3 Å². The molecule has 0 unspecified atom stereocenters. The highest BCUT2D eigenvalue weighted by atomic mass is 79.9. The van der Waals surface area contributed by atoms with Crippen LogP contribution in [0.4, 0.5) is 0 Å². The van der Waals surface area contributed by atoms with Crippen LogP contribution in [0.2, 0.25) is 10.0 Å². The molecule has 1 aliphatic carbocycles. The van der Waals surface area contributed by atoms with Gasteiger partial charge in [0.05, 0.1) is 21.9 Å². The van der Waals surface area contributed by atoms with Crippen molar-refractivity contribution in [1.82, 2.24) is 10.0 Å². The third-order valence-corrected chi connectivity index (χ3v) is 7.19. The van der Waals surface area contributed by atoms with Crippen LogP contribution in [0.25, 0.3) is 0 Å². The highest BCUT2D eigenvalue weighted by Gasteiger charge is 2.51. The number of ketones is 1. The van der Waals surface area contributed by atoms with Gasteiger partial charge in [-0.3, -0.25) is 19.2 Å². The second-order valence-corrected chi connectivity index (χ2v) is 9.64. The van der Waals surface area contributed by atoms with Crippen molar-refractivity contribution in [1.29, 1.82) is 0 Å². The number of Topliss-reactive ketones (excluding diaryl/α,β-unsaturated/α-hetero) is 1. The number of amides is 3. The molecule has 1 aliphatic heterocycles. The van der Waals surface area contributed by atoms with Crippen molar-refractivity contribution in [2.24, 2.45) is 11.8 Å². The van der Waals surface area contributed by atoms with Crippen LogP contribution in [0, 0.1) is 11.8 Å². The van der Waals surface area contributed by atoms with Crippen LogP contribution in [-0.4, -0.2) is 40.1 Å². The van der Waals surface area contributed by atoms with Gasteiger partial charge < -0.3 is 0 Å². The van der Waals surface area contributed by atoms with Gasteiger partial charge in [0.25, 0.3) is 17.7 Å².